The first-order valence-electron chi connectivity index (χ1n) is 10.4. The van der Waals surface area contributed by atoms with Crippen molar-refractivity contribution < 1.29 is 23.7 Å². The fraction of sp³-hybridized carbons (Fsp3) is 0.320. The monoisotopic (exact) mass is 421 g/mol. The summed E-state index contributed by atoms with van der Waals surface area (Å²) in [4.78, 5) is 12.0. The lowest BCUT2D eigenvalue weighted by Crippen LogP contribution is -2.35. The molecule has 31 heavy (non-hydrogen) atoms. The Kier molecular flexibility index (Phi) is 6.57. The Hall–Kier alpha value is -3.25. The van der Waals surface area contributed by atoms with Crippen LogP contribution in [0.1, 0.15) is 12.8 Å². The molecule has 1 fully saturated rings. The van der Waals surface area contributed by atoms with Gasteiger partial charge in [0.25, 0.3) is 5.91 Å². The van der Waals surface area contributed by atoms with Gasteiger partial charge in [-0.15, -0.1) is 0 Å². The first-order chi connectivity index (χ1) is 15.2. The predicted octanol–water partition coefficient (Wildman–Crippen LogP) is 4.20. The van der Waals surface area contributed by atoms with E-state index in [9.17, 15) is 4.79 Å². The number of carbonyl (C=O) groups excluding carboxylic acids is 1. The van der Waals surface area contributed by atoms with Crippen LogP contribution in [0.25, 0.3) is 21.9 Å². The minimum atomic E-state index is -0.144. The fourth-order valence-corrected chi connectivity index (χ4v) is 3.84. The number of rotatable bonds is 8. The molecule has 0 bridgehead atoms. The number of nitrogens with one attached hydrogen (secondary N) is 1. The zero-order chi connectivity index (χ0) is 21.6. The van der Waals surface area contributed by atoms with E-state index < -0.39 is 0 Å². The summed E-state index contributed by atoms with van der Waals surface area (Å²) >= 11 is 0. The van der Waals surface area contributed by atoms with Crippen LogP contribution < -0.4 is 19.5 Å². The average Bonchev–Trinajstić information content (AvgIpc) is 3.34. The summed E-state index contributed by atoms with van der Waals surface area (Å²) in [7, 11) is 3.31. The molecule has 1 aliphatic rings. The van der Waals surface area contributed by atoms with Crippen molar-refractivity contribution in [1.82, 2.24) is 5.32 Å². The Bertz CT molecular complexity index is 1040. The maximum absolute atomic E-state index is 12.0. The van der Waals surface area contributed by atoms with E-state index >= 15 is 0 Å². The van der Waals surface area contributed by atoms with Crippen molar-refractivity contribution in [3.05, 3.63) is 54.6 Å². The molecule has 1 heterocycles. The van der Waals surface area contributed by atoms with Crippen LogP contribution in [0, 0.1) is 0 Å². The highest BCUT2D eigenvalue weighted by Gasteiger charge is 2.16. The first-order valence-corrected chi connectivity index (χ1v) is 10.4. The third-order valence-electron chi connectivity index (χ3n) is 5.45. The van der Waals surface area contributed by atoms with Gasteiger partial charge in [0.1, 0.15) is 17.2 Å². The molecule has 4 rings (SSSR count). The second-order valence-corrected chi connectivity index (χ2v) is 7.49. The lowest BCUT2D eigenvalue weighted by molar-refractivity contribution is -0.123. The van der Waals surface area contributed by atoms with E-state index in [4.69, 9.17) is 18.9 Å². The molecular weight excluding hydrogens is 394 g/mol. The van der Waals surface area contributed by atoms with E-state index in [-0.39, 0.29) is 18.6 Å². The van der Waals surface area contributed by atoms with Gasteiger partial charge >= 0.3 is 0 Å². The Morgan fingerprint density at radius 2 is 1.77 bits per heavy atom. The third-order valence-corrected chi connectivity index (χ3v) is 5.45. The zero-order valence-electron chi connectivity index (χ0n) is 17.9. The van der Waals surface area contributed by atoms with Crippen LogP contribution in [0.5, 0.6) is 17.2 Å². The highest BCUT2D eigenvalue weighted by atomic mass is 16.5. The maximum atomic E-state index is 12.0. The number of methoxy groups -OCH3 is 2. The van der Waals surface area contributed by atoms with Crippen LogP contribution in [-0.4, -0.2) is 46.0 Å². The SMILES string of the molecule is COc1cccc(OC)c1-c1ccc2cc(OCC(=O)NCC3CCCO3)ccc2c1. The van der Waals surface area contributed by atoms with E-state index in [0.717, 1.165) is 52.8 Å². The van der Waals surface area contributed by atoms with Gasteiger partial charge in [0.05, 0.1) is 25.9 Å². The molecule has 0 radical (unpaired) electrons. The van der Waals surface area contributed by atoms with Crippen LogP contribution in [-0.2, 0) is 9.53 Å². The van der Waals surface area contributed by atoms with E-state index in [1.807, 2.05) is 48.5 Å². The standard InChI is InChI=1S/C25H27NO5/c1-28-22-6-3-7-23(29-2)25(22)19-9-8-18-14-20(11-10-17(18)13-19)31-16-24(27)26-15-21-5-4-12-30-21/h3,6-11,13-14,21H,4-5,12,15-16H2,1-2H3,(H,26,27). The highest BCUT2D eigenvalue weighted by molar-refractivity contribution is 5.90. The summed E-state index contributed by atoms with van der Waals surface area (Å²) < 4.78 is 22.3. The van der Waals surface area contributed by atoms with Crippen molar-refractivity contribution in [3.8, 4) is 28.4 Å². The molecule has 1 unspecified atom stereocenters. The van der Waals surface area contributed by atoms with Crippen molar-refractivity contribution in [3.63, 3.8) is 0 Å². The molecule has 0 saturated carbocycles. The summed E-state index contributed by atoms with van der Waals surface area (Å²) in [6, 6.07) is 17.7. The molecule has 1 N–H and O–H groups in total. The van der Waals surface area contributed by atoms with Crippen LogP contribution >= 0.6 is 0 Å². The normalized spacial score (nSPS) is 15.6. The van der Waals surface area contributed by atoms with Crippen LogP contribution in [0.4, 0.5) is 0 Å². The van der Waals surface area contributed by atoms with Gasteiger partial charge in [-0.3, -0.25) is 4.79 Å². The van der Waals surface area contributed by atoms with Gasteiger partial charge in [0.2, 0.25) is 0 Å². The molecule has 1 amide bonds. The quantitative estimate of drug-likeness (QED) is 0.591. The summed E-state index contributed by atoms with van der Waals surface area (Å²) in [6.07, 6.45) is 2.18. The smallest absolute Gasteiger partial charge is 0.258 e. The second-order valence-electron chi connectivity index (χ2n) is 7.49. The molecule has 1 saturated heterocycles. The highest BCUT2D eigenvalue weighted by Crippen LogP contribution is 2.39. The molecule has 3 aromatic rings. The molecular formula is C25H27NO5. The summed E-state index contributed by atoms with van der Waals surface area (Å²) in [5.74, 6) is 2.02. The predicted molar refractivity (Wildman–Crippen MR) is 120 cm³/mol. The lowest BCUT2D eigenvalue weighted by Gasteiger charge is -2.14. The van der Waals surface area contributed by atoms with Gasteiger partial charge in [-0.25, -0.2) is 0 Å². The van der Waals surface area contributed by atoms with Crippen LogP contribution in [0.2, 0.25) is 0 Å². The number of carbonyl (C=O) groups is 1. The van der Waals surface area contributed by atoms with Crippen molar-refractivity contribution >= 4 is 16.7 Å². The Morgan fingerprint density at radius 1 is 1.03 bits per heavy atom. The number of hydrogen-bond donors (Lipinski definition) is 1. The molecule has 0 aliphatic carbocycles. The summed E-state index contributed by atoms with van der Waals surface area (Å²) in [5.41, 5.74) is 1.92. The number of benzene rings is 3. The van der Waals surface area contributed by atoms with Gasteiger partial charge in [-0.2, -0.15) is 0 Å². The van der Waals surface area contributed by atoms with E-state index in [1.165, 1.54) is 0 Å². The fourth-order valence-electron chi connectivity index (χ4n) is 3.84. The third kappa shape index (κ3) is 4.91. The van der Waals surface area contributed by atoms with Gasteiger partial charge in [0.15, 0.2) is 6.61 Å². The van der Waals surface area contributed by atoms with Gasteiger partial charge in [0, 0.05) is 13.2 Å². The van der Waals surface area contributed by atoms with Crippen molar-refractivity contribution in [2.24, 2.45) is 0 Å². The number of fused-ring (bicyclic) bond motifs is 1. The number of hydrogen-bond acceptors (Lipinski definition) is 5. The van der Waals surface area contributed by atoms with Gasteiger partial charge < -0.3 is 24.3 Å². The molecule has 162 valence electrons. The van der Waals surface area contributed by atoms with E-state index in [2.05, 4.69) is 11.4 Å². The molecule has 0 aromatic heterocycles. The molecule has 6 nitrogen and oxygen atoms in total. The van der Waals surface area contributed by atoms with Gasteiger partial charge in [-0.05, 0) is 59.5 Å². The molecule has 3 aromatic carbocycles. The van der Waals surface area contributed by atoms with E-state index in [0.29, 0.717) is 12.3 Å². The van der Waals surface area contributed by atoms with Crippen molar-refractivity contribution in [2.75, 3.05) is 34.0 Å². The topological polar surface area (TPSA) is 66.0 Å². The van der Waals surface area contributed by atoms with Crippen molar-refractivity contribution in [2.45, 2.75) is 18.9 Å². The Labute approximate surface area is 182 Å². The maximum Gasteiger partial charge on any atom is 0.258 e. The lowest BCUT2D eigenvalue weighted by atomic mass is 9.99. The first kappa shape index (κ1) is 21.0. The average molecular weight is 421 g/mol. The zero-order valence-corrected chi connectivity index (χ0v) is 17.9. The van der Waals surface area contributed by atoms with Gasteiger partial charge in [-0.1, -0.05) is 24.3 Å². The van der Waals surface area contributed by atoms with Crippen LogP contribution in [0.15, 0.2) is 54.6 Å². The Balaban J connectivity index is 1.46. The summed E-state index contributed by atoms with van der Waals surface area (Å²) in [5, 5.41) is 4.95. The minimum absolute atomic E-state index is 0.0191. The second kappa shape index (κ2) is 9.71. The number of amides is 1. The largest absolute Gasteiger partial charge is 0.496 e. The molecule has 1 aliphatic heterocycles. The summed E-state index contributed by atoms with van der Waals surface area (Å²) in [6.45, 7) is 1.30. The molecule has 6 heteroatoms. The Morgan fingerprint density at radius 3 is 2.48 bits per heavy atom. The van der Waals surface area contributed by atoms with Crippen molar-refractivity contribution in [1.29, 1.82) is 0 Å². The number of ether oxygens (including phenoxy) is 4. The molecule has 1 atom stereocenters. The van der Waals surface area contributed by atoms with Crippen LogP contribution in [0.3, 0.4) is 0 Å². The minimum Gasteiger partial charge on any atom is -0.496 e. The molecule has 0 spiro atoms. The van der Waals surface area contributed by atoms with E-state index in [1.54, 1.807) is 14.2 Å².